The molecule has 0 spiro atoms. The first kappa shape index (κ1) is 14.9. The van der Waals surface area contributed by atoms with Gasteiger partial charge in [0.2, 0.25) is 0 Å². The third kappa shape index (κ3) is 3.59. The molecule has 3 rings (SSSR count). The van der Waals surface area contributed by atoms with Gasteiger partial charge in [-0.05, 0) is 29.8 Å². The minimum absolute atomic E-state index is 0.419. The van der Waals surface area contributed by atoms with E-state index in [1.807, 2.05) is 60.7 Å². The van der Waals surface area contributed by atoms with Crippen molar-refractivity contribution in [3.8, 4) is 17.0 Å². The number of nitrogens with zero attached hydrogens (tertiary/aromatic N) is 1. The molecule has 0 atom stereocenters. The number of ether oxygens (including phenoxy) is 1. The van der Waals surface area contributed by atoms with Crippen LogP contribution in [0, 0.1) is 0 Å². The summed E-state index contributed by atoms with van der Waals surface area (Å²) in [4.78, 5) is 4.38. The normalized spacial score (nSPS) is 10.5. The zero-order valence-electron chi connectivity index (χ0n) is 11.7. The predicted molar refractivity (Wildman–Crippen MR) is 90.5 cm³/mol. The van der Waals surface area contributed by atoms with Crippen molar-refractivity contribution in [2.24, 2.45) is 0 Å². The van der Waals surface area contributed by atoms with Crippen LogP contribution < -0.4 is 4.74 Å². The molecule has 1 heterocycles. The Balaban J connectivity index is 1.91. The molecular weight excluding hydrogens is 317 g/mol. The van der Waals surface area contributed by atoms with E-state index in [0.717, 1.165) is 11.1 Å². The molecule has 0 fully saturated rings. The number of pyridine rings is 1. The first-order valence-corrected chi connectivity index (χ1v) is 7.57. The highest BCUT2D eigenvalue weighted by Crippen LogP contribution is 2.31. The Bertz CT molecular complexity index is 775. The maximum atomic E-state index is 6.06. The van der Waals surface area contributed by atoms with Crippen LogP contribution in [0.2, 0.25) is 10.2 Å². The number of benzene rings is 2. The summed E-state index contributed by atoms with van der Waals surface area (Å²) in [6.45, 7) is 0.470. The van der Waals surface area contributed by atoms with Crippen LogP contribution >= 0.6 is 23.2 Å². The monoisotopic (exact) mass is 329 g/mol. The largest absolute Gasteiger partial charge is 0.487 e. The van der Waals surface area contributed by atoms with Crippen LogP contribution in [0.15, 0.2) is 66.7 Å². The molecule has 1 aromatic heterocycles. The first-order valence-electron chi connectivity index (χ1n) is 6.81. The summed E-state index contributed by atoms with van der Waals surface area (Å²) in [5.74, 6) is 0.676. The molecule has 0 unspecified atom stereocenters. The van der Waals surface area contributed by atoms with Gasteiger partial charge in [0, 0.05) is 10.6 Å². The SMILES string of the molecule is Clc1cccc(-c2nc(Cl)ccc2OCc2ccccc2)c1. The van der Waals surface area contributed by atoms with E-state index in [0.29, 0.717) is 28.2 Å². The van der Waals surface area contributed by atoms with Crippen molar-refractivity contribution in [1.29, 1.82) is 0 Å². The molecule has 0 aliphatic rings. The van der Waals surface area contributed by atoms with E-state index in [-0.39, 0.29) is 0 Å². The fourth-order valence-electron chi connectivity index (χ4n) is 2.12. The Kier molecular flexibility index (Phi) is 4.62. The molecule has 2 nitrogen and oxygen atoms in total. The smallest absolute Gasteiger partial charge is 0.146 e. The molecule has 4 heteroatoms. The lowest BCUT2D eigenvalue weighted by molar-refractivity contribution is 0.306. The van der Waals surface area contributed by atoms with Crippen LogP contribution in [-0.4, -0.2) is 4.98 Å². The third-order valence-electron chi connectivity index (χ3n) is 3.16. The summed E-state index contributed by atoms with van der Waals surface area (Å²) in [7, 11) is 0. The number of hydrogen-bond acceptors (Lipinski definition) is 2. The number of hydrogen-bond donors (Lipinski definition) is 0. The van der Waals surface area contributed by atoms with Gasteiger partial charge in [-0.3, -0.25) is 0 Å². The lowest BCUT2D eigenvalue weighted by Crippen LogP contribution is -1.98. The number of halogens is 2. The van der Waals surface area contributed by atoms with Crippen LogP contribution in [0.3, 0.4) is 0 Å². The van der Waals surface area contributed by atoms with Gasteiger partial charge in [0.25, 0.3) is 0 Å². The number of rotatable bonds is 4. The molecule has 0 aliphatic heterocycles. The average molecular weight is 330 g/mol. The minimum atomic E-state index is 0.419. The summed E-state index contributed by atoms with van der Waals surface area (Å²) in [6, 6.07) is 21.0. The Morgan fingerprint density at radius 3 is 2.45 bits per heavy atom. The van der Waals surface area contributed by atoms with E-state index in [2.05, 4.69) is 4.98 Å². The van der Waals surface area contributed by atoms with Crippen molar-refractivity contribution >= 4 is 23.2 Å². The maximum absolute atomic E-state index is 6.06. The van der Waals surface area contributed by atoms with Crippen LogP contribution in [0.25, 0.3) is 11.3 Å². The second-order valence-electron chi connectivity index (χ2n) is 4.77. The molecule has 0 bridgehead atoms. The highest BCUT2D eigenvalue weighted by atomic mass is 35.5. The standard InChI is InChI=1S/C18H13Cl2NO/c19-15-8-4-7-14(11-15)18-16(9-10-17(20)21-18)22-12-13-5-2-1-3-6-13/h1-11H,12H2. The molecule has 110 valence electrons. The van der Waals surface area contributed by atoms with Crippen LogP contribution in [-0.2, 0) is 6.61 Å². The topological polar surface area (TPSA) is 22.1 Å². The molecular formula is C18H13Cl2NO. The van der Waals surface area contributed by atoms with E-state index in [1.165, 1.54) is 0 Å². The van der Waals surface area contributed by atoms with Crippen molar-refractivity contribution in [1.82, 2.24) is 4.98 Å². The van der Waals surface area contributed by atoms with E-state index in [9.17, 15) is 0 Å². The van der Waals surface area contributed by atoms with Crippen LogP contribution in [0.1, 0.15) is 5.56 Å². The van der Waals surface area contributed by atoms with Crippen molar-refractivity contribution in [3.05, 3.63) is 82.5 Å². The van der Waals surface area contributed by atoms with E-state index >= 15 is 0 Å². The first-order chi connectivity index (χ1) is 10.7. The third-order valence-corrected chi connectivity index (χ3v) is 3.61. The zero-order valence-corrected chi connectivity index (χ0v) is 13.2. The fourth-order valence-corrected chi connectivity index (χ4v) is 2.45. The summed E-state index contributed by atoms with van der Waals surface area (Å²) >= 11 is 12.1. The zero-order chi connectivity index (χ0) is 15.4. The van der Waals surface area contributed by atoms with Crippen LogP contribution in [0.5, 0.6) is 5.75 Å². The Hall–Kier alpha value is -2.03. The lowest BCUT2D eigenvalue weighted by atomic mass is 10.1. The van der Waals surface area contributed by atoms with Crippen molar-refractivity contribution < 1.29 is 4.74 Å². The van der Waals surface area contributed by atoms with Crippen molar-refractivity contribution in [2.45, 2.75) is 6.61 Å². The minimum Gasteiger partial charge on any atom is -0.487 e. The lowest BCUT2D eigenvalue weighted by Gasteiger charge is -2.11. The van der Waals surface area contributed by atoms with Gasteiger partial charge in [0.1, 0.15) is 23.2 Å². The second-order valence-corrected chi connectivity index (χ2v) is 5.59. The fraction of sp³-hybridized carbons (Fsp3) is 0.0556. The van der Waals surface area contributed by atoms with Gasteiger partial charge < -0.3 is 4.74 Å². The molecule has 2 aromatic carbocycles. The summed E-state index contributed by atoms with van der Waals surface area (Å²) in [5, 5.41) is 1.07. The van der Waals surface area contributed by atoms with Gasteiger partial charge in [0.05, 0.1) is 0 Å². The van der Waals surface area contributed by atoms with Gasteiger partial charge in [-0.25, -0.2) is 4.98 Å². The molecule has 0 aliphatic carbocycles. The summed E-state index contributed by atoms with van der Waals surface area (Å²) in [6.07, 6.45) is 0. The quantitative estimate of drug-likeness (QED) is 0.578. The molecule has 22 heavy (non-hydrogen) atoms. The molecule has 0 N–H and O–H groups in total. The van der Waals surface area contributed by atoms with E-state index in [1.54, 1.807) is 6.07 Å². The summed E-state index contributed by atoms with van der Waals surface area (Å²) in [5.41, 5.74) is 2.65. The molecule has 0 radical (unpaired) electrons. The molecule has 3 aromatic rings. The van der Waals surface area contributed by atoms with Gasteiger partial charge in [-0.2, -0.15) is 0 Å². The van der Waals surface area contributed by atoms with E-state index < -0.39 is 0 Å². The summed E-state index contributed by atoms with van der Waals surface area (Å²) < 4.78 is 5.91. The maximum Gasteiger partial charge on any atom is 0.146 e. The van der Waals surface area contributed by atoms with Gasteiger partial charge in [-0.15, -0.1) is 0 Å². The average Bonchev–Trinajstić information content (AvgIpc) is 2.54. The van der Waals surface area contributed by atoms with Gasteiger partial charge in [-0.1, -0.05) is 65.7 Å². The Labute approximate surface area is 139 Å². The van der Waals surface area contributed by atoms with E-state index in [4.69, 9.17) is 27.9 Å². The van der Waals surface area contributed by atoms with Crippen LogP contribution in [0.4, 0.5) is 0 Å². The molecule has 0 amide bonds. The number of aromatic nitrogens is 1. The second kappa shape index (κ2) is 6.82. The van der Waals surface area contributed by atoms with Crippen molar-refractivity contribution in [3.63, 3.8) is 0 Å². The molecule has 0 saturated heterocycles. The van der Waals surface area contributed by atoms with Gasteiger partial charge >= 0.3 is 0 Å². The van der Waals surface area contributed by atoms with Crippen molar-refractivity contribution in [2.75, 3.05) is 0 Å². The Morgan fingerprint density at radius 2 is 1.68 bits per heavy atom. The molecule has 0 saturated carbocycles. The highest BCUT2D eigenvalue weighted by Gasteiger charge is 2.10. The van der Waals surface area contributed by atoms with Gasteiger partial charge in [0.15, 0.2) is 0 Å². The highest BCUT2D eigenvalue weighted by molar-refractivity contribution is 6.31. The Morgan fingerprint density at radius 1 is 0.864 bits per heavy atom. The predicted octanol–water partition coefficient (Wildman–Crippen LogP) is 5.63.